The molecule has 0 heterocycles. The molecule has 0 saturated carbocycles. The summed E-state index contributed by atoms with van der Waals surface area (Å²) in [6, 6.07) is 20.8. The van der Waals surface area contributed by atoms with E-state index in [-0.39, 0.29) is 0 Å². The molecule has 2 rings (SSSR count). The highest BCUT2D eigenvalue weighted by Crippen LogP contribution is 2.32. The Labute approximate surface area is 142 Å². The van der Waals surface area contributed by atoms with Crippen LogP contribution >= 0.6 is 0 Å². The molecule has 0 aromatic heterocycles. The summed E-state index contributed by atoms with van der Waals surface area (Å²) in [4.78, 5) is 2.24. The Morgan fingerprint density at radius 3 is 1.83 bits per heavy atom. The minimum atomic E-state index is -0.598. The smallest absolute Gasteiger partial charge is 0.205 e. The quantitative estimate of drug-likeness (QED) is 0.545. The average Bonchev–Trinajstić information content (AvgIpc) is 2.62. The molecule has 2 aromatic carbocycles. The maximum absolute atomic E-state index is 6.14. The van der Waals surface area contributed by atoms with Crippen LogP contribution in [0.15, 0.2) is 60.7 Å². The Balaban J connectivity index is 2.52. The van der Waals surface area contributed by atoms with Gasteiger partial charge < -0.3 is 9.74 Å². The van der Waals surface area contributed by atoms with Gasteiger partial charge in [-0.3, -0.25) is 10.2 Å². The van der Waals surface area contributed by atoms with Gasteiger partial charge in [0, 0.05) is 11.4 Å². The highest BCUT2D eigenvalue weighted by Gasteiger charge is 2.36. The highest BCUT2D eigenvalue weighted by atomic mass is 28.2. The molecule has 4 nitrogen and oxygen atoms in total. The Morgan fingerprint density at radius 1 is 0.913 bits per heavy atom. The summed E-state index contributed by atoms with van der Waals surface area (Å²) >= 11 is 0. The van der Waals surface area contributed by atoms with E-state index >= 15 is 0 Å². The van der Waals surface area contributed by atoms with E-state index in [1.54, 1.807) is 0 Å². The number of hydrogen-bond donors (Lipinski definition) is 2. The van der Waals surface area contributed by atoms with E-state index in [4.69, 9.17) is 4.43 Å². The monoisotopic (exact) mass is 329 g/mol. The summed E-state index contributed by atoms with van der Waals surface area (Å²) in [6.45, 7) is 6.64. The van der Waals surface area contributed by atoms with Crippen molar-refractivity contribution in [3.63, 3.8) is 0 Å². The van der Waals surface area contributed by atoms with Crippen molar-refractivity contribution >= 4 is 21.9 Å². The SMILES string of the molecule is CCNCC(NCC)(O[SiH3])N(c1ccccc1)c1ccccc1. The fourth-order valence-electron chi connectivity index (χ4n) is 2.75. The zero-order valence-electron chi connectivity index (χ0n) is 14.3. The van der Waals surface area contributed by atoms with Crippen LogP contribution in [0, 0.1) is 0 Å². The van der Waals surface area contributed by atoms with Gasteiger partial charge in [0.15, 0.2) is 10.5 Å². The van der Waals surface area contributed by atoms with E-state index in [0.29, 0.717) is 17.0 Å². The number of benzene rings is 2. The van der Waals surface area contributed by atoms with E-state index < -0.39 is 5.85 Å². The van der Waals surface area contributed by atoms with Gasteiger partial charge in [0.2, 0.25) is 5.85 Å². The predicted molar refractivity (Wildman–Crippen MR) is 101 cm³/mol. The van der Waals surface area contributed by atoms with E-state index in [0.717, 1.165) is 24.5 Å². The average molecular weight is 330 g/mol. The fourth-order valence-corrected chi connectivity index (χ4v) is 3.22. The third-order valence-electron chi connectivity index (χ3n) is 3.80. The molecular weight excluding hydrogens is 302 g/mol. The minimum Gasteiger partial charge on any atom is -0.394 e. The Morgan fingerprint density at radius 2 is 1.43 bits per heavy atom. The lowest BCUT2D eigenvalue weighted by molar-refractivity contribution is 0.0510. The van der Waals surface area contributed by atoms with Crippen molar-refractivity contribution in [2.24, 2.45) is 0 Å². The van der Waals surface area contributed by atoms with Gasteiger partial charge in [-0.2, -0.15) is 0 Å². The largest absolute Gasteiger partial charge is 0.394 e. The van der Waals surface area contributed by atoms with E-state index in [1.165, 1.54) is 0 Å². The number of para-hydroxylation sites is 2. The Bertz CT molecular complexity index is 527. The van der Waals surface area contributed by atoms with Gasteiger partial charge >= 0.3 is 0 Å². The third-order valence-corrected chi connectivity index (χ3v) is 4.47. The van der Waals surface area contributed by atoms with Crippen molar-refractivity contribution in [1.29, 1.82) is 0 Å². The van der Waals surface area contributed by atoms with Crippen LogP contribution in [0.1, 0.15) is 13.8 Å². The molecule has 0 fully saturated rings. The molecule has 124 valence electrons. The zero-order valence-corrected chi connectivity index (χ0v) is 16.3. The summed E-state index contributed by atoms with van der Waals surface area (Å²) in [5.74, 6) is -0.598. The molecule has 0 aliphatic heterocycles. The van der Waals surface area contributed by atoms with Crippen LogP contribution in [0.4, 0.5) is 11.4 Å². The van der Waals surface area contributed by atoms with Crippen LogP contribution < -0.4 is 15.5 Å². The second-order valence-corrected chi connectivity index (χ2v) is 5.71. The summed E-state index contributed by atoms with van der Waals surface area (Å²) in [5.41, 5.74) is 2.21. The molecule has 0 aliphatic rings. The van der Waals surface area contributed by atoms with Gasteiger partial charge in [0.1, 0.15) is 0 Å². The predicted octanol–water partition coefficient (Wildman–Crippen LogP) is 1.99. The van der Waals surface area contributed by atoms with Crippen molar-refractivity contribution in [3.8, 4) is 0 Å². The molecule has 0 aliphatic carbocycles. The molecule has 2 N–H and O–H groups in total. The second-order valence-electron chi connectivity index (χ2n) is 5.31. The van der Waals surface area contributed by atoms with Crippen molar-refractivity contribution in [2.45, 2.75) is 19.7 Å². The summed E-state index contributed by atoms with van der Waals surface area (Å²) < 4.78 is 6.14. The van der Waals surface area contributed by atoms with Gasteiger partial charge in [-0.05, 0) is 37.4 Å². The van der Waals surface area contributed by atoms with Crippen LogP contribution in [0.25, 0.3) is 0 Å². The van der Waals surface area contributed by atoms with E-state index in [1.807, 2.05) is 12.1 Å². The molecule has 1 unspecified atom stereocenters. The van der Waals surface area contributed by atoms with Crippen molar-refractivity contribution in [2.75, 3.05) is 24.5 Å². The number of rotatable bonds is 9. The molecule has 1 atom stereocenters. The second kappa shape index (κ2) is 8.84. The molecule has 5 heteroatoms. The molecule has 0 spiro atoms. The molecule has 0 bridgehead atoms. The summed E-state index contributed by atoms with van der Waals surface area (Å²) in [5, 5.41) is 6.99. The lowest BCUT2D eigenvalue weighted by Crippen LogP contribution is -2.64. The van der Waals surface area contributed by atoms with Crippen LogP contribution in [-0.4, -0.2) is 36.0 Å². The lowest BCUT2D eigenvalue weighted by atomic mass is 10.2. The highest BCUT2D eigenvalue weighted by molar-refractivity contribution is 5.98. The topological polar surface area (TPSA) is 36.5 Å². The maximum atomic E-state index is 6.14. The third kappa shape index (κ3) is 4.20. The molecular formula is C18H27N3OSi. The first kappa shape index (κ1) is 17.7. The first-order chi connectivity index (χ1) is 11.3. The van der Waals surface area contributed by atoms with Crippen LogP contribution in [-0.2, 0) is 4.43 Å². The fraction of sp³-hybridized carbons (Fsp3) is 0.333. The molecule has 0 saturated heterocycles. The number of anilines is 2. The first-order valence-electron chi connectivity index (χ1n) is 8.18. The summed E-state index contributed by atoms with van der Waals surface area (Å²) in [7, 11) is 0.633. The maximum Gasteiger partial charge on any atom is 0.205 e. The summed E-state index contributed by atoms with van der Waals surface area (Å²) in [6.07, 6.45) is 0. The standard InChI is InChI=1S/C18H27N3OSi/c1-3-19-15-18(22-23,20-4-2)21(16-11-7-5-8-12-16)17-13-9-6-10-14-17/h5-14,19-20H,3-4,15H2,1-2,23H3. The number of hydrogen-bond acceptors (Lipinski definition) is 4. The zero-order chi connectivity index (χ0) is 16.5. The van der Waals surface area contributed by atoms with Gasteiger partial charge in [-0.25, -0.2) is 0 Å². The molecule has 2 aromatic rings. The lowest BCUT2D eigenvalue weighted by Gasteiger charge is -2.45. The molecule has 23 heavy (non-hydrogen) atoms. The van der Waals surface area contributed by atoms with E-state index in [9.17, 15) is 0 Å². The number of nitrogens with zero attached hydrogens (tertiary/aromatic N) is 1. The Hall–Kier alpha value is -1.66. The van der Waals surface area contributed by atoms with Gasteiger partial charge in [-0.1, -0.05) is 50.2 Å². The van der Waals surface area contributed by atoms with Crippen LogP contribution in [0.2, 0.25) is 0 Å². The van der Waals surface area contributed by atoms with Gasteiger partial charge in [0.25, 0.3) is 0 Å². The van der Waals surface area contributed by atoms with Crippen molar-refractivity contribution in [3.05, 3.63) is 60.7 Å². The van der Waals surface area contributed by atoms with Crippen molar-refractivity contribution < 1.29 is 4.43 Å². The van der Waals surface area contributed by atoms with Gasteiger partial charge in [0.05, 0.1) is 6.54 Å². The normalized spacial score (nSPS) is 13.7. The molecule has 0 amide bonds. The van der Waals surface area contributed by atoms with E-state index in [2.05, 4.69) is 77.9 Å². The molecule has 0 radical (unpaired) electrons. The van der Waals surface area contributed by atoms with Crippen molar-refractivity contribution in [1.82, 2.24) is 10.6 Å². The number of nitrogens with one attached hydrogen (secondary N) is 2. The first-order valence-corrected chi connectivity index (χ1v) is 9.00. The van der Waals surface area contributed by atoms with Crippen LogP contribution in [0.5, 0.6) is 0 Å². The minimum absolute atomic E-state index is 0.598. The number of likely N-dealkylation sites (N-methyl/N-ethyl adjacent to an activating group) is 2. The Kier molecular flexibility index (Phi) is 6.79. The van der Waals surface area contributed by atoms with Gasteiger partial charge in [-0.15, -0.1) is 0 Å². The van der Waals surface area contributed by atoms with Crippen LogP contribution in [0.3, 0.4) is 0 Å².